The van der Waals surface area contributed by atoms with E-state index in [0.29, 0.717) is 26.1 Å². The van der Waals surface area contributed by atoms with E-state index in [-0.39, 0.29) is 6.04 Å². The number of likely N-dealkylation sites (N-methyl/N-ethyl adjacent to an activating group) is 1. The molecule has 0 amide bonds. The molecule has 1 aliphatic heterocycles. The minimum atomic E-state index is -0.794. The third-order valence-electron chi connectivity index (χ3n) is 4.42. The number of rotatable bonds is 7. The van der Waals surface area contributed by atoms with Gasteiger partial charge in [0.25, 0.3) is 0 Å². The van der Waals surface area contributed by atoms with Crippen molar-refractivity contribution in [3.8, 4) is 5.75 Å². The molecule has 0 aliphatic carbocycles. The molecule has 1 saturated heterocycles. The molecule has 2 atom stereocenters. The van der Waals surface area contributed by atoms with E-state index < -0.39 is 6.17 Å². The molecule has 3 rings (SSSR count). The smallest absolute Gasteiger partial charge is 0.142 e. The third-order valence-corrected chi connectivity index (χ3v) is 4.42. The summed E-state index contributed by atoms with van der Waals surface area (Å²) in [5.74, 6) is 1.53. The second kappa shape index (κ2) is 8.31. The molecule has 2 aromatic heterocycles. The van der Waals surface area contributed by atoms with Gasteiger partial charge in [0, 0.05) is 50.3 Å². The van der Waals surface area contributed by atoms with Crippen LogP contribution >= 0.6 is 0 Å². The van der Waals surface area contributed by atoms with Gasteiger partial charge in [0.15, 0.2) is 0 Å². The van der Waals surface area contributed by atoms with Gasteiger partial charge in [-0.25, -0.2) is 14.4 Å². The van der Waals surface area contributed by atoms with Gasteiger partial charge in [0.05, 0.1) is 19.3 Å². The number of pyridine rings is 1. The van der Waals surface area contributed by atoms with E-state index in [1.165, 1.54) is 0 Å². The van der Waals surface area contributed by atoms with Gasteiger partial charge in [0.2, 0.25) is 0 Å². The van der Waals surface area contributed by atoms with Crippen LogP contribution < -0.4 is 4.74 Å². The minimum absolute atomic E-state index is 0.148. The first-order chi connectivity index (χ1) is 12.1. The van der Waals surface area contributed by atoms with Gasteiger partial charge in [-0.3, -0.25) is 14.8 Å². The second-order valence-electron chi connectivity index (χ2n) is 6.47. The molecule has 3 heterocycles. The zero-order valence-electron chi connectivity index (χ0n) is 14.7. The Balaban J connectivity index is 1.59. The van der Waals surface area contributed by atoms with Crippen LogP contribution in [0.5, 0.6) is 5.75 Å². The Labute approximate surface area is 147 Å². The molecular weight excluding hydrogens is 321 g/mol. The van der Waals surface area contributed by atoms with Crippen LogP contribution in [0.2, 0.25) is 0 Å². The molecule has 7 heteroatoms. The molecule has 0 N–H and O–H groups in total. The van der Waals surface area contributed by atoms with E-state index in [1.807, 2.05) is 19.2 Å². The third kappa shape index (κ3) is 4.93. The normalized spacial score (nSPS) is 21.0. The molecular formula is C18H24FN5O. The summed E-state index contributed by atoms with van der Waals surface area (Å²) in [6, 6.07) is 5.70. The first kappa shape index (κ1) is 17.7. The molecule has 1 fully saturated rings. The van der Waals surface area contributed by atoms with Crippen molar-refractivity contribution in [2.45, 2.75) is 31.7 Å². The lowest BCUT2D eigenvalue weighted by Gasteiger charge is -2.27. The van der Waals surface area contributed by atoms with Gasteiger partial charge in [-0.15, -0.1) is 0 Å². The number of likely N-dealkylation sites (tertiary alicyclic amines) is 1. The second-order valence-corrected chi connectivity index (χ2v) is 6.47. The van der Waals surface area contributed by atoms with Crippen molar-refractivity contribution in [1.29, 1.82) is 0 Å². The number of aromatic nitrogens is 3. The molecule has 0 radical (unpaired) electrons. The Morgan fingerprint density at radius 1 is 1.28 bits per heavy atom. The number of hydrogen-bond acceptors (Lipinski definition) is 6. The standard InChI is InChI=1S/C18H24FN5O/c1-23(11-15-9-17(25-2)4-7-20-15)12-16-8-14(19)10-24(16)13-18-21-5-3-6-22-18/h3-7,9,14,16H,8,10-13H2,1-2H3/t14-,16-/m0/s1. The number of halogens is 1. The van der Waals surface area contributed by atoms with Gasteiger partial charge in [-0.05, 0) is 25.6 Å². The SMILES string of the molecule is COc1ccnc(CN(C)C[C@@H]2C[C@H](F)CN2Cc2ncccn2)c1. The average molecular weight is 345 g/mol. The highest BCUT2D eigenvalue weighted by atomic mass is 19.1. The van der Waals surface area contributed by atoms with E-state index in [0.717, 1.165) is 23.8 Å². The van der Waals surface area contributed by atoms with E-state index in [1.54, 1.807) is 31.8 Å². The first-order valence-electron chi connectivity index (χ1n) is 8.45. The van der Waals surface area contributed by atoms with Crippen LogP contribution in [0, 0.1) is 0 Å². The van der Waals surface area contributed by atoms with Crippen molar-refractivity contribution in [3.05, 3.63) is 48.3 Å². The number of methoxy groups -OCH3 is 1. The van der Waals surface area contributed by atoms with E-state index in [9.17, 15) is 4.39 Å². The summed E-state index contributed by atoms with van der Waals surface area (Å²) >= 11 is 0. The van der Waals surface area contributed by atoms with E-state index in [2.05, 4.69) is 24.8 Å². The molecule has 134 valence electrons. The zero-order valence-corrected chi connectivity index (χ0v) is 14.7. The van der Waals surface area contributed by atoms with Crippen LogP contribution in [0.25, 0.3) is 0 Å². The molecule has 0 unspecified atom stereocenters. The van der Waals surface area contributed by atoms with Crippen molar-refractivity contribution in [2.24, 2.45) is 0 Å². The van der Waals surface area contributed by atoms with Crippen LogP contribution in [-0.2, 0) is 13.1 Å². The van der Waals surface area contributed by atoms with Crippen molar-refractivity contribution in [3.63, 3.8) is 0 Å². The lowest BCUT2D eigenvalue weighted by molar-refractivity contribution is 0.176. The molecule has 0 spiro atoms. The van der Waals surface area contributed by atoms with Crippen LogP contribution in [-0.4, -0.2) is 64.2 Å². The van der Waals surface area contributed by atoms with Crippen molar-refractivity contribution >= 4 is 0 Å². The topological polar surface area (TPSA) is 54.4 Å². The van der Waals surface area contributed by atoms with Crippen LogP contribution in [0.3, 0.4) is 0 Å². The lowest BCUT2D eigenvalue weighted by atomic mass is 10.2. The molecule has 1 aliphatic rings. The monoisotopic (exact) mass is 345 g/mol. The van der Waals surface area contributed by atoms with Crippen LogP contribution in [0.15, 0.2) is 36.8 Å². The zero-order chi connectivity index (χ0) is 17.6. The Hall–Kier alpha value is -2.12. The number of ether oxygens (including phenoxy) is 1. The molecule has 0 saturated carbocycles. The maximum Gasteiger partial charge on any atom is 0.142 e. The number of nitrogens with zero attached hydrogens (tertiary/aromatic N) is 5. The summed E-state index contributed by atoms with van der Waals surface area (Å²) in [5.41, 5.74) is 0.939. The molecule has 0 aromatic carbocycles. The summed E-state index contributed by atoms with van der Waals surface area (Å²) in [6.07, 6.45) is 4.94. The largest absolute Gasteiger partial charge is 0.497 e. The minimum Gasteiger partial charge on any atom is -0.497 e. The lowest BCUT2D eigenvalue weighted by Crippen LogP contribution is -2.38. The fourth-order valence-electron chi connectivity index (χ4n) is 3.27. The number of hydrogen-bond donors (Lipinski definition) is 0. The fraction of sp³-hybridized carbons (Fsp3) is 0.500. The van der Waals surface area contributed by atoms with Gasteiger partial charge >= 0.3 is 0 Å². The Morgan fingerprint density at radius 3 is 2.84 bits per heavy atom. The van der Waals surface area contributed by atoms with Crippen LogP contribution in [0.4, 0.5) is 4.39 Å². The Morgan fingerprint density at radius 2 is 2.08 bits per heavy atom. The van der Waals surface area contributed by atoms with Crippen molar-refractivity contribution in [1.82, 2.24) is 24.8 Å². The average Bonchev–Trinajstić information content (AvgIpc) is 2.94. The Kier molecular flexibility index (Phi) is 5.88. The first-order valence-corrected chi connectivity index (χ1v) is 8.45. The van der Waals surface area contributed by atoms with Crippen LogP contribution in [0.1, 0.15) is 17.9 Å². The fourth-order valence-corrected chi connectivity index (χ4v) is 3.27. The van der Waals surface area contributed by atoms with Gasteiger partial charge < -0.3 is 4.74 Å². The summed E-state index contributed by atoms with van der Waals surface area (Å²) in [5, 5.41) is 0. The van der Waals surface area contributed by atoms with Gasteiger partial charge in [0.1, 0.15) is 17.7 Å². The highest BCUT2D eigenvalue weighted by Crippen LogP contribution is 2.23. The Bertz CT molecular complexity index is 672. The van der Waals surface area contributed by atoms with Gasteiger partial charge in [-0.1, -0.05) is 0 Å². The summed E-state index contributed by atoms with van der Waals surface area (Å²) in [4.78, 5) is 17.2. The summed E-state index contributed by atoms with van der Waals surface area (Å²) in [6.45, 7) is 2.48. The highest BCUT2D eigenvalue weighted by molar-refractivity contribution is 5.22. The summed E-state index contributed by atoms with van der Waals surface area (Å²) in [7, 11) is 3.68. The molecule has 6 nitrogen and oxygen atoms in total. The number of alkyl halides is 1. The molecule has 2 aromatic rings. The highest BCUT2D eigenvalue weighted by Gasteiger charge is 2.33. The molecule has 25 heavy (non-hydrogen) atoms. The predicted octanol–water partition coefficient (Wildman–Crippen LogP) is 1.92. The summed E-state index contributed by atoms with van der Waals surface area (Å²) < 4.78 is 19.2. The van der Waals surface area contributed by atoms with Crippen molar-refractivity contribution < 1.29 is 9.13 Å². The molecule has 0 bridgehead atoms. The predicted molar refractivity (Wildman–Crippen MR) is 92.9 cm³/mol. The maximum atomic E-state index is 14.0. The maximum absolute atomic E-state index is 14.0. The van der Waals surface area contributed by atoms with Crippen molar-refractivity contribution in [2.75, 3.05) is 27.2 Å². The van der Waals surface area contributed by atoms with E-state index in [4.69, 9.17) is 4.74 Å². The van der Waals surface area contributed by atoms with Gasteiger partial charge in [-0.2, -0.15) is 0 Å². The van der Waals surface area contributed by atoms with E-state index >= 15 is 0 Å². The quantitative estimate of drug-likeness (QED) is 0.764.